The summed E-state index contributed by atoms with van der Waals surface area (Å²) in [6.07, 6.45) is 0. The van der Waals surface area contributed by atoms with Crippen molar-refractivity contribution in [2.24, 2.45) is 0 Å². The average molecular weight is 311 g/mol. The van der Waals surface area contributed by atoms with Crippen molar-refractivity contribution in [3.63, 3.8) is 0 Å². The molecule has 0 atom stereocenters. The highest BCUT2D eigenvalue weighted by Crippen LogP contribution is 2.28. The van der Waals surface area contributed by atoms with Crippen LogP contribution >= 0.6 is 11.6 Å². The molecular formula is C15H15ClO3S. The number of aryl methyl sites for hydroxylation is 2. The summed E-state index contributed by atoms with van der Waals surface area (Å²) in [4.78, 5) is -0.0225. The van der Waals surface area contributed by atoms with Crippen LogP contribution in [0.3, 0.4) is 0 Å². The van der Waals surface area contributed by atoms with Gasteiger partial charge in [-0.2, -0.15) is 8.42 Å². The van der Waals surface area contributed by atoms with E-state index in [1.807, 2.05) is 26.8 Å². The molecule has 2 aromatic rings. The fourth-order valence-electron chi connectivity index (χ4n) is 1.79. The topological polar surface area (TPSA) is 43.4 Å². The Balaban J connectivity index is 2.44. The third kappa shape index (κ3) is 2.97. The Labute approximate surface area is 124 Å². The average Bonchev–Trinajstić information content (AvgIpc) is 2.34. The number of rotatable bonds is 3. The molecule has 0 radical (unpaired) electrons. The van der Waals surface area contributed by atoms with Gasteiger partial charge in [-0.3, -0.25) is 0 Å². The Hall–Kier alpha value is -1.52. The van der Waals surface area contributed by atoms with E-state index in [2.05, 4.69) is 0 Å². The number of benzene rings is 2. The lowest BCUT2D eigenvalue weighted by molar-refractivity contribution is 0.484. The van der Waals surface area contributed by atoms with Gasteiger partial charge in [0.05, 0.1) is 5.02 Å². The van der Waals surface area contributed by atoms with Crippen molar-refractivity contribution in [2.45, 2.75) is 25.7 Å². The molecule has 0 unspecified atom stereocenters. The SMILES string of the molecule is Cc1ccc(S(=O)(=O)Oc2cccc(C)c2C)c(Cl)c1. The van der Waals surface area contributed by atoms with E-state index in [0.717, 1.165) is 16.7 Å². The first-order valence-corrected chi connectivity index (χ1v) is 7.87. The van der Waals surface area contributed by atoms with Crippen LogP contribution in [0.4, 0.5) is 0 Å². The van der Waals surface area contributed by atoms with Crippen LogP contribution in [-0.2, 0) is 10.1 Å². The van der Waals surface area contributed by atoms with Crippen molar-refractivity contribution in [1.29, 1.82) is 0 Å². The fourth-order valence-corrected chi connectivity index (χ4v) is 3.34. The molecule has 2 rings (SSSR count). The minimum absolute atomic E-state index is 0.0225. The Morgan fingerprint density at radius 3 is 2.40 bits per heavy atom. The van der Waals surface area contributed by atoms with Crippen LogP contribution in [0.25, 0.3) is 0 Å². The molecule has 0 saturated heterocycles. The smallest absolute Gasteiger partial charge is 0.340 e. The number of hydrogen-bond donors (Lipinski definition) is 0. The van der Waals surface area contributed by atoms with Gasteiger partial charge in [0.15, 0.2) is 0 Å². The summed E-state index contributed by atoms with van der Waals surface area (Å²) in [7, 11) is -3.93. The highest BCUT2D eigenvalue weighted by molar-refractivity contribution is 7.87. The predicted molar refractivity (Wildman–Crippen MR) is 79.9 cm³/mol. The van der Waals surface area contributed by atoms with Crippen molar-refractivity contribution in [2.75, 3.05) is 0 Å². The minimum Gasteiger partial charge on any atom is -0.379 e. The highest BCUT2D eigenvalue weighted by Gasteiger charge is 2.21. The molecule has 0 aliphatic rings. The second kappa shape index (κ2) is 5.46. The van der Waals surface area contributed by atoms with E-state index in [4.69, 9.17) is 15.8 Å². The second-order valence-corrected chi connectivity index (χ2v) is 6.59. The Morgan fingerprint density at radius 2 is 1.75 bits per heavy atom. The van der Waals surface area contributed by atoms with Crippen LogP contribution in [0.5, 0.6) is 5.75 Å². The molecule has 0 aromatic heterocycles. The van der Waals surface area contributed by atoms with Crippen LogP contribution in [0.1, 0.15) is 16.7 Å². The van der Waals surface area contributed by atoms with Crippen LogP contribution in [0, 0.1) is 20.8 Å². The van der Waals surface area contributed by atoms with Gasteiger partial charge in [-0.25, -0.2) is 0 Å². The molecule has 0 bridgehead atoms. The molecule has 0 spiro atoms. The molecular weight excluding hydrogens is 296 g/mol. The molecule has 2 aromatic carbocycles. The number of halogens is 1. The van der Waals surface area contributed by atoms with Crippen molar-refractivity contribution in [3.8, 4) is 5.75 Å². The van der Waals surface area contributed by atoms with Crippen molar-refractivity contribution in [1.82, 2.24) is 0 Å². The quantitative estimate of drug-likeness (QED) is 0.804. The maximum atomic E-state index is 12.3. The van der Waals surface area contributed by atoms with Crippen molar-refractivity contribution < 1.29 is 12.6 Å². The summed E-state index contributed by atoms with van der Waals surface area (Å²) in [5.74, 6) is 0.321. The monoisotopic (exact) mass is 310 g/mol. The zero-order valence-corrected chi connectivity index (χ0v) is 13.0. The molecule has 0 heterocycles. The van der Waals surface area contributed by atoms with E-state index in [0.29, 0.717) is 5.75 Å². The van der Waals surface area contributed by atoms with Gasteiger partial charge in [0.1, 0.15) is 10.6 Å². The van der Waals surface area contributed by atoms with Crippen molar-refractivity contribution >= 4 is 21.7 Å². The predicted octanol–water partition coefficient (Wildman–Crippen LogP) is 4.03. The normalized spacial score (nSPS) is 11.4. The van der Waals surface area contributed by atoms with Gasteiger partial charge in [-0.05, 0) is 55.7 Å². The molecule has 0 aliphatic heterocycles. The first kappa shape index (κ1) is 14.9. The summed E-state index contributed by atoms with van der Waals surface area (Å²) < 4.78 is 29.8. The first-order chi connectivity index (χ1) is 9.31. The zero-order chi connectivity index (χ0) is 14.9. The summed E-state index contributed by atoms with van der Waals surface area (Å²) >= 11 is 5.99. The van der Waals surface area contributed by atoms with Gasteiger partial charge >= 0.3 is 10.1 Å². The Morgan fingerprint density at radius 1 is 1.05 bits per heavy atom. The largest absolute Gasteiger partial charge is 0.379 e. The molecule has 106 valence electrons. The third-order valence-corrected chi connectivity index (χ3v) is 4.83. The maximum Gasteiger partial charge on any atom is 0.340 e. The van der Waals surface area contributed by atoms with Gasteiger partial charge in [0.25, 0.3) is 0 Å². The van der Waals surface area contributed by atoms with E-state index < -0.39 is 10.1 Å². The van der Waals surface area contributed by atoms with Gasteiger partial charge in [0.2, 0.25) is 0 Å². The molecule has 20 heavy (non-hydrogen) atoms. The lowest BCUT2D eigenvalue weighted by atomic mass is 10.1. The van der Waals surface area contributed by atoms with Crippen LogP contribution in [0.15, 0.2) is 41.3 Å². The zero-order valence-electron chi connectivity index (χ0n) is 11.5. The van der Waals surface area contributed by atoms with Crippen LogP contribution in [-0.4, -0.2) is 8.42 Å². The third-order valence-electron chi connectivity index (χ3n) is 3.11. The minimum atomic E-state index is -3.93. The molecule has 0 fully saturated rings. The summed E-state index contributed by atoms with van der Waals surface area (Å²) in [6, 6.07) is 10.0. The summed E-state index contributed by atoms with van der Waals surface area (Å²) in [5.41, 5.74) is 2.65. The number of hydrogen-bond acceptors (Lipinski definition) is 3. The van der Waals surface area contributed by atoms with Gasteiger partial charge in [-0.15, -0.1) is 0 Å². The maximum absolute atomic E-state index is 12.3. The van der Waals surface area contributed by atoms with E-state index >= 15 is 0 Å². The highest BCUT2D eigenvalue weighted by atomic mass is 35.5. The van der Waals surface area contributed by atoms with E-state index in [1.165, 1.54) is 6.07 Å². The second-order valence-electron chi connectivity index (χ2n) is 4.67. The molecule has 0 aliphatic carbocycles. The van der Waals surface area contributed by atoms with Gasteiger partial charge < -0.3 is 4.18 Å². The molecule has 0 saturated carbocycles. The summed E-state index contributed by atoms with van der Waals surface area (Å²) in [5, 5.41) is 0.162. The van der Waals surface area contributed by atoms with Gasteiger partial charge in [-0.1, -0.05) is 29.8 Å². The summed E-state index contributed by atoms with van der Waals surface area (Å²) in [6.45, 7) is 5.55. The van der Waals surface area contributed by atoms with Crippen LogP contribution in [0.2, 0.25) is 5.02 Å². The van der Waals surface area contributed by atoms with E-state index in [9.17, 15) is 8.42 Å². The molecule has 3 nitrogen and oxygen atoms in total. The molecule has 5 heteroatoms. The molecule has 0 N–H and O–H groups in total. The van der Waals surface area contributed by atoms with E-state index in [1.54, 1.807) is 24.3 Å². The lowest BCUT2D eigenvalue weighted by Crippen LogP contribution is -2.11. The molecule has 0 amide bonds. The van der Waals surface area contributed by atoms with Crippen LogP contribution < -0.4 is 4.18 Å². The van der Waals surface area contributed by atoms with E-state index in [-0.39, 0.29) is 9.92 Å². The Bertz CT molecular complexity index is 752. The van der Waals surface area contributed by atoms with Gasteiger partial charge in [0, 0.05) is 0 Å². The standard InChI is InChI=1S/C15H15ClO3S/c1-10-7-8-15(13(16)9-10)20(17,18)19-14-6-4-5-11(2)12(14)3/h4-9H,1-3H3. The Kier molecular flexibility index (Phi) is 4.06. The van der Waals surface area contributed by atoms with Crippen molar-refractivity contribution in [3.05, 3.63) is 58.1 Å². The fraction of sp³-hybridized carbons (Fsp3) is 0.200. The lowest BCUT2D eigenvalue weighted by Gasteiger charge is -2.12. The first-order valence-electron chi connectivity index (χ1n) is 6.08.